The maximum absolute atomic E-state index is 2.91. The molecule has 0 N–H and O–H groups in total. The minimum absolute atomic E-state index is 1.16. The van der Waals surface area contributed by atoms with E-state index in [9.17, 15) is 0 Å². The Bertz CT molecular complexity index is 5010. The van der Waals surface area contributed by atoms with E-state index in [-0.39, 0.29) is 0 Å². The first-order valence-corrected chi connectivity index (χ1v) is 31.2. The van der Waals surface area contributed by atoms with Gasteiger partial charge < -0.3 is 4.57 Å². The zero-order valence-corrected chi connectivity index (χ0v) is 47.0. The van der Waals surface area contributed by atoms with Crippen molar-refractivity contribution in [3.05, 3.63) is 322 Å². The number of benzene rings is 15. The molecule has 15 aromatic carbocycles. The zero-order valence-electron chi connectivity index (χ0n) is 46.0. The molecule has 2 heteroatoms. The maximum Gasteiger partial charge on any atom is 0.180 e. The molecule has 390 valence electrons. The molecule has 0 aliphatic carbocycles. The van der Waals surface area contributed by atoms with Gasteiger partial charge in [-0.25, -0.2) is 0 Å². The Labute approximate surface area is 489 Å². The first-order chi connectivity index (χ1) is 41.6. The number of rotatable bonds is 8. The molecular weight excluding hydrogens is 1030 g/mol. The van der Waals surface area contributed by atoms with Gasteiger partial charge in [-0.3, -0.25) is 0 Å². The summed E-state index contributed by atoms with van der Waals surface area (Å²) >= 11 is 0. The fraction of sp³-hybridized carbons (Fsp3) is 0. The molecule has 17 rings (SSSR count). The molecule has 1 aliphatic heterocycles. The van der Waals surface area contributed by atoms with E-state index >= 15 is 0 Å². The molecule has 1 aliphatic rings. The molecule has 0 saturated carbocycles. The molecule has 0 spiro atoms. The maximum atomic E-state index is 2.56. The molecule has 2 heterocycles. The minimum atomic E-state index is -2.91. The lowest BCUT2D eigenvalue weighted by Crippen LogP contribution is -2.72. The van der Waals surface area contributed by atoms with Crippen LogP contribution < -0.4 is 20.7 Å². The molecule has 1 aromatic heterocycles. The molecule has 16 aromatic rings. The molecule has 0 saturated heterocycles. The number of aromatic nitrogens is 1. The van der Waals surface area contributed by atoms with Crippen LogP contribution in [-0.4, -0.2) is 12.6 Å². The summed E-state index contributed by atoms with van der Waals surface area (Å²) in [6.45, 7) is 0. The van der Waals surface area contributed by atoms with E-state index in [1.165, 1.54) is 152 Å². The van der Waals surface area contributed by atoms with Crippen LogP contribution >= 0.6 is 0 Å². The van der Waals surface area contributed by atoms with Crippen molar-refractivity contribution < 1.29 is 0 Å². The van der Waals surface area contributed by atoms with Crippen molar-refractivity contribution in [2.75, 3.05) is 0 Å². The highest BCUT2D eigenvalue weighted by molar-refractivity contribution is 7.22. The van der Waals surface area contributed by atoms with Gasteiger partial charge in [-0.15, -0.1) is 0 Å². The van der Waals surface area contributed by atoms with E-state index in [1.807, 2.05) is 0 Å². The second-order valence-electron chi connectivity index (χ2n) is 22.7. The fourth-order valence-electron chi connectivity index (χ4n) is 14.4. The number of hydrogen-bond acceptors (Lipinski definition) is 0. The van der Waals surface area contributed by atoms with Crippen molar-refractivity contribution in [1.29, 1.82) is 0 Å². The Balaban J connectivity index is 0.845. The van der Waals surface area contributed by atoms with E-state index in [0.29, 0.717) is 0 Å². The van der Waals surface area contributed by atoms with Crippen LogP contribution in [0.4, 0.5) is 0 Å². The number of fused-ring (bicyclic) bond motifs is 12. The third-order valence-corrected chi connectivity index (χ3v) is 23.1. The molecule has 84 heavy (non-hydrogen) atoms. The van der Waals surface area contributed by atoms with Gasteiger partial charge in [-0.2, -0.15) is 0 Å². The largest absolute Gasteiger partial charge is 0.309 e. The highest BCUT2D eigenvalue weighted by Crippen LogP contribution is 2.42. The average molecular weight is 1080 g/mol. The highest BCUT2D eigenvalue weighted by atomic mass is 28.3. The lowest BCUT2D eigenvalue weighted by atomic mass is 9.92. The Morgan fingerprint density at radius 3 is 1.06 bits per heavy atom. The molecule has 1 nitrogen and oxygen atoms in total. The van der Waals surface area contributed by atoms with E-state index in [2.05, 4.69) is 326 Å². The number of hydrogen-bond donors (Lipinski definition) is 0. The van der Waals surface area contributed by atoms with Gasteiger partial charge in [-0.1, -0.05) is 273 Å². The Kier molecular flexibility index (Phi) is 11.0. The lowest BCUT2D eigenvalue weighted by molar-refractivity contribution is 1.18. The Morgan fingerprint density at radius 2 is 0.560 bits per heavy atom. The Morgan fingerprint density at radius 1 is 0.202 bits per heavy atom. The van der Waals surface area contributed by atoms with Gasteiger partial charge in [0.25, 0.3) is 0 Å². The van der Waals surface area contributed by atoms with Crippen LogP contribution in [0.2, 0.25) is 0 Å². The monoisotopic (exact) mass is 1080 g/mol. The van der Waals surface area contributed by atoms with Crippen LogP contribution in [0.5, 0.6) is 0 Å². The van der Waals surface area contributed by atoms with Gasteiger partial charge in [0.2, 0.25) is 0 Å². The second kappa shape index (κ2) is 19.2. The molecule has 0 atom stereocenters. The zero-order chi connectivity index (χ0) is 55.3. The van der Waals surface area contributed by atoms with Crippen LogP contribution in [0.25, 0.3) is 137 Å². The van der Waals surface area contributed by atoms with Crippen LogP contribution in [0, 0.1) is 0 Å². The van der Waals surface area contributed by atoms with Gasteiger partial charge in [0.05, 0.1) is 11.0 Å². The van der Waals surface area contributed by atoms with Crippen molar-refractivity contribution in [1.82, 2.24) is 4.57 Å². The average Bonchev–Trinajstić information content (AvgIpc) is 4.23. The predicted octanol–water partition coefficient (Wildman–Crippen LogP) is 19.1. The van der Waals surface area contributed by atoms with Gasteiger partial charge in [0.1, 0.15) is 0 Å². The second-order valence-corrected chi connectivity index (χ2v) is 26.4. The smallest absolute Gasteiger partial charge is 0.180 e. The quantitative estimate of drug-likeness (QED) is 0.106. The summed E-state index contributed by atoms with van der Waals surface area (Å²) in [5.74, 6) is 0. The molecule has 0 amide bonds. The van der Waals surface area contributed by atoms with E-state index in [4.69, 9.17) is 0 Å². The van der Waals surface area contributed by atoms with Gasteiger partial charge in [0, 0.05) is 16.5 Å². The van der Waals surface area contributed by atoms with Gasteiger partial charge in [-0.05, 0) is 179 Å². The van der Waals surface area contributed by atoms with Crippen LogP contribution in [0.15, 0.2) is 322 Å². The third-order valence-electron chi connectivity index (χ3n) is 18.3. The van der Waals surface area contributed by atoms with Crippen molar-refractivity contribution in [2.45, 2.75) is 0 Å². The highest BCUT2D eigenvalue weighted by Gasteiger charge is 2.49. The molecule has 0 fully saturated rings. The fourth-order valence-corrected chi connectivity index (χ4v) is 19.6. The Hall–Kier alpha value is -10.6. The molecule has 0 unspecified atom stereocenters. The van der Waals surface area contributed by atoms with E-state index in [0.717, 1.165) is 5.69 Å². The first kappa shape index (κ1) is 48.1. The summed E-state index contributed by atoms with van der Waals surface area (Å²) in [5.41, 5.74) is 18.3. The standard InChI is InChI=1S/C82H53NSi/c1-4-18-54(19-5-1)61-40-44-73-74-45-43-64(53-82(74)84(81(73)52-61,65-22-6-2-7-23-65)66-24-8-3-9-25-66)83-79-46-41-59(55-32-36-57(37-33-55)75-50-62-20-10-12-26-67(62)69-28-14-16-30-71(69)75)48-77(79)78-49-60(42-47-80(78)83)56-34-38-58(39-35-56)76-51-63-21-11-13-27-68(63)70-29-15-17-31-72(70)76/h1-53H. The van der Waals surface area contributed by atoms with E-state index in [1.54, 1.807) is 0 Å². The van der Waals surface area contributed by atoms with Crippen LogP contribution in [0.3, 0.4) is 0 Å². The van der Waals surface area contributed by atoms with Crippen molar-refractivity contribution in [2.24, 2.45) is 0 Å². The summed E-state index contributed by atoms with van der Waals surface area (Å²) in [4.78, 5) is 0. The van der Waals surface area contributed by atoms with Gasteiger partial charge >= 0.3 is 0 Å². The molecular formula is C82H53NSi. The summed E-state index contributed by atoms with van der Waals surface area (Å²) in [5, 5.41) is 18.2. The van der Waals surface area contributed by atoms with Crippen LogP contribution in [0.1, 0.15) is 0 Å². The minimum Gasteiger partial charge on any atom is -0.309 e. The van der Waals surface area contributed by atoms with Crippen molar-refractivity contribution in [3.8, 4) is 72.4 Å². The number of nitrogens with zero attached hydrogens (tertiary/aromatic N) is 1. The normalized spacial score (nSPS) is 12.6. The van der Waals surface area contributed by atoms with Crippen molar-refractivity contribution >= 4 is 93.7 Å². The molecule has 0 radical (unpaired) electrons. The summed E-state index contributed by atoms with van der Waals surface area (Å²) in [6.07, 6.45) is 0. The summed E-state index contributed by atoms with van der Waals surface area (Å²) < 4.78 is 2.54. The predicted molar refractivity (Wildman–Crippen MR) is 361 cm³/mol. The van der Waals surface area contributed by atoms with Crippen LogP contribution in [-0.2, 0) is 0 Å². The summed E-state index contributed by atoms with van der Waals surface area (Å²) in [7, 11) is -2.91. The first-order valence-electron chi connectivity index (χ1n) is 29.2. The van der Waals surface area contributed by atoms with Crippen molar-refractivity contribution in [3.63, 3.8) is 0 Å². The molecule has 0 bridgehead atoms. The lowest BCUT2D eigenvalue weighted by Gasteiger charge is -2.32. The third kappa shape index (κ3) is 7.48. The SMILES string of the molecule is c1ccc(-c2ccc3c(c2)[Si](c2ccccc2)(c2ccccc2)c2cc(-n4c5ccc(-c6ccc(-c7cc8ccccc8c8ccccc78)cc6)cc5c5cc(-c6ccc(-c7cc8ccccc8c8ccccc78)cc6)ccc54)ccc2-3)cc1. The van der Waals surface area contributed by atoms with E-state index < -0.39 is 8.07 Å². The van der Waals surface area contributed by atoms with Gasteiger partial charge in [0.15, 0.2) is 8.07 Å². The topological polar surface area (TPSA) is 4.93 Å². The summed E-state index contributed by atoms with van der Waals surface area (Å²) in [6, 6.07) is 121.